The lowest BCUT2D eigenvalue weighted by molar-refractivity contribution is 0.290. The van der Waals surface area contributed by atoms with Crippen LogP contribution in [0.2, 0.25) is 0 Å². The molecule has 0 saturated carbocycles. The van der Waals surface area contributed by atoms with E-state index in [0.29, 0.717) is 6.04 Å². The van der Waals surface area contributed by atoms with Gasteiger partial charge in [0, 0.05) is 6.04 Å². The molecule has 86 valence electrons. The Kier molecular flexibility index (Phi) is 2.48. The third-order valence-corrected chi connectivity index (χ3v) is 3.52. The second-order valence-electron chi connectivity index (χ2n) is 4.70. The van der Waals surface area contributed by atoms with E-state index in [4.69, 9.17) is 10.5 Å². The number of ether oxygens (including phenoxy) is 1. The van der Waals surface area contributed by atoms with Crippen molar-refractivity contribution >= 4 is 5.69 Å². The molecule has 0 spiro atoms. The van der Waals surface area contributed by atoms with Crippen molar-refractivity contribution in [2.45, 2.75) is 31.7 Å². The van der Waals surface area contributed by atoms with Crippen LogP contribution in [0.1, 0.15) is 36.4 Å². The van der Waals surface area contributed by atoms with E-state index < -0.39 is 0 Å². The molecule has 3 heteroatoms. The van der Waals surface area contributed by atoms with Crippen molar-refractivity contribution in [2.24, 2.45) is 0 Å². The van der Waals surface area contributed by atoms with Crippen LogP contribution in [-0.2, 0) is 6.42 Å². The molecule has 1 fully saturated rings. The number of hydrogen-bond donors (Lipinski definition) is 2. The quantitative estimate of drug-likeness (QED) is 0.709. The number of anilines is 1. The minimum atomic E-state index is 0.495. The molecule has 2 heterocycles. The van der Waals surface area contributed by atoms with Gasteiger partial charge >= 0.3 is 0 Å². The fourth-order valence-corrected chi connectivity index (χ4v) is 2.71. The molecule has 3 rings (SSSR count). The molecule has 0 radical (unpaired) electrons. The zero-order valence-corrected chi connectivity index (χ0v) is 9.46. The summed E-state index contributed by atoms with van der Waals surface area (Å²) in [6.07, 6.45) is 4.69. The summed E-state index contributed by atoms with van der Waals surface area (Å²) in [4.78, 5) is 0. The number of nitrogens with two attached hydrogens (primary N) is 1. The summed E-state index contributed by atoms with van der Waals surface area (Å²) >= 11 is 0. The first-order valence-electron chi connectivity index (χ1n) is 6.13. The summed E-state index contributed by atoms with van der Waals surface area (Å²) in [5.74, 6) is 0.924. The number of rotatable bonds is 1. The highest BCUT2D eigenvalue weighted by molar-refractivity contribution is 5.60. The molecule has 1 atom stereocenters. The summed E-state index contributed by atoms with van der Waals surface area (Å²) in [6.45, 7) is 1.93. The molecule has 1 saturated heterocycles. The van der Waals surface area contributed by atoms with Crippen LogP contribution in [-0.4, -0.2) is 13.2 Å². The molecule has 2 aliphatic rings. The molecule has 1 aromatic rings. The van der Waals surface area contributed by atoms with E-state index in [1.54, 1.807) is 0 Å². The number of nitrogens with one attached hydrogen (secondary N) is 1. The zero-order chi connectivity index (χ0) is 11.0. The Labute approximate surface area is 96.0 Å². The fourth-order valence-electron chi connectivity index (χ4n) is 2.71. The Morgan fingerprint density at radius 3 is 3.06 bits per heavy atom. The van der Waals surface area contributed by atoms with E-state index in [-0.39, 0.29) is 0 Å². The van der Waals surface area contributed by atoms with Crippen LogP contribution in [0.5, 0.6) is 5.75 Å². The molecule has 16 heavy (non-hydrogen) atoms. The van der Waals surface area contributed by atoms with Crippen molar-refractivity contribution in [1.82, 2.24) is 5.32 Å². The van der Waals surface area contributed by atoms with Gasteiger partial charge in [-0.25, -0.2) is 0 Å². The number of hydrogen-bond acceptors (Lipinski definition) is 3. The van der Waals surface area contributed by atoms with Gasteiger partial charge in [-0.3, -0.25) is 0 Å². The van der Waals surface area contributed by atoms with E-state index in [1.807, 2.05) is 0 Å². The average Bonchev–Trinajstić information content (AvgIpc) is 2.82. The highest BCUT2D eigenvalue weighted by atomic mass is 16.5. The van der Waals surface area contributed by atoms with Gasteiger partial charge in [0.2, 0.25) is 0 Å². The lowest BCUT2D eigenvalue weighted by atomic mass is 9.97. The van der Waals surface area contributed by atoms with E-state index >= 15 is 0 Å². The topological polar surface area (TPSA) is 47.3 Å². The monoisotopic (exact) mass is 218 g/mol. The summed E-state index contributed by atoms with van der Waals surface area (Å²) < 4.78 is 5.63. The number of aryl methyl sites for hydroxylation is 1. The summed E-state index contributed by atoms with van der Waals surface area (Å²) in [5, 5.41) is 3.51. The minimum Gasteiger partial charge on any atom is -0.491 e. The zero-order valence-electron chi connectivity index (χ0n) is 9.46. The number of nitrogen functional groups attached to an aromatic ring is 1. The van der Waals surface area contributed by atoms with Gasteiger partial charge in [0.05, 0.1) is 12.3 Å². The van der Waals surface area contributed by atoms with Crippen molar-refractivity contribution in [3.63, 3.8) is 0 Å². The van der Waals surface area contributed by atoms with Crippen LogP contribution < -0.4 is 15.8 Å². The van der Waals surface area contributed by atoms with Gasteiger partial charge in [-0.05, 0) is 49.4 Å². The smallest absolute Gasteiger partial charge is 0.145 e. The molecule has 1 aromatic carbocycles. The van der Waals surface area contributed by atoms with E-state index in [2.05, 4.69) is 17.4 Å². The highest BCUT2D eigenvalue weighted by Gasteiger charge is 2.20. The third kappa shape index (κ3) is 1.65. The number of fused-ring (bicyclic) bond motifs is 1. The Balaban J connectivity index is 1.97. The van der Waals surface area contributed by atoms with E-state index in [1.165, 1.54) is 24.0 Å². The van der Waals surface area contributed by atoms with Gasteiger partial charge in [0.15, 0.2) is 0 Å². The normalized spacial score (nSPS) is 23.9. The van der Waals surface area contributed by atoms with Crippen LogP contribution in [0.15, 0.2) is 12.1 Å². The lowest BCUT2D eigenvalue weighted by Gasteiger charge is -2.21. The Morgan fingerprint density at radius 2 is 2.25 bits per heavy atom. The predicted molar refractivity (Wildman–Crippen MR) is 64.6 cm³/mol. The lowest BCUT2D eigenvalue weighted by Crippen LogP contribution is -2.16. The standard InChI is InChI=1S/C13H18N2O/c14-11-8-10(12-4-1-5-15-12)7-9-3-2-6-16-13(9)11/h7-8,12,15H,1-6,14H2/t12-/m0/s1. The first-order valence-corrected chi connectivity index (χ1v) is 6.13. The van der Waals surface area contributed by atoms with E-state index in [9.17, 15) is 0 Å². The second kappa shape index (κ2) is 3.98. The SMILES string of the molecule is Nc1cc([C@@H]2CCCN2)cc2c1OCCC2. The van der Waals surface area contributed by atoms with Crippen LogP contribution >= 0.6 is 0 Å². The van der Waals surface area contributed by atoms with Crippen molar-refractivity contribution in [3.8, 4) is 5.75 Å². The molecule has 0 unspecified atom stereocenters. The van der Waals surface area contributed by atoms with Crippen molar-refractivity contribution in [2.75, 3.05) is 18.9 Å². The average molecular weight is 218 g/mol. The second-order valence-corrected chi connectivity index (χ2v) is 4.70. The molecule has 0 aromatic heterocycles. The Morgan fingerprint density at radius 1 is 1.31 bits per heavy atom. The van der Waals surface area contributed by atoms with Crippen molar-refractivity contribution in [1.29, 1.82) is 0 Å². The van der Waals surface area contributed by atoms with Crippen molar-refractivity contribution in [3.05, 3.63) is 23.3 Å². The Hall–Kier alpha value is -1.22. The fraction of sp³-hybridized carbons (Fsp3) is 0.538. The van der Waals surface area contributed by atoms with Crippen LogP contribution in [0.3, 0.4) is 0 Å². The third-order valence-electron chi connectivity index (χ3n) is 3.52. The maximum Gasteiger partial charge on any atom is 0.145 e. The predicted octanol–water partition coefficient (Wildman–Crippen LogP) is 2.02. The van der Waals surface area contributed by atoms with Crippen LogP contribution in [0, 0.1) is 0 Å². The molecule has 0 bridgehead atoms. The van der Waals surface area contributed by atoms with Gasteiger partial charge < -0.3 is 15.8 Å². The molecule has 0 amide bonds. The van der Waals surface area contributed by atoms with Gasteiger partial charge in [0.1, 0.15) is 5.75 Å². The Bertz CT molecular complexity index is 397. The molecule has 3 N–H and O–H groups in total. The van der Waals surface area contributed by atoms with Crippen LogP contribution in [0.4, 0.5) is 5.69 Å². The highest BCUT2D eigenvalue weighted by Crippen LogP contribution is 2.35. The molecular weight excluding hydrogens is 200 g/mol. The largest absolute Gasteiger partial charge is 0.491 e. The van der Waals surface area contributed by atoms with Crippen molar-refractivity contribution < 1.29 is 4.74 Å². The van der Waals surface area contributed by atoms with Gasteiger partial charge in [-0.2, -0.15) is 0 Å². The first kappa shape index (κ1) is 9.97. The summed E-state index contributed by atoms with van der Waals surface area (Å²) in [6, 6.07) is 4.84. The number of benzene rings is 1. The van der Waals surface area contributed by atoms with Gasteiger partial charge in [-0.15, -0.1) is 0 Å². The molecular formula is C13H18N2O. The maximum atomic E-state index is 6.06. The van der Waals surface area contributed by atoms with Gasteiger partial charge in [-0.1, -0.05) is 6.07 Å². The molecule has 0 aliphatic carbocycles. The summed E-state index contributed by atoms with van der Waals surface area (Å²) in [7, 11) is 0. The molecule has 3 nitrogen and oxygen atoms in total. The molecule has 2 aliphatic heterocycles. The minimum absolute atomic E-state index is 0.495. The first-order chi connectivity index (χ1) is 7.84. The summed E-state index contributed by atoms with van der Waals surface area (Å²) in [5.41, 5.74) is 9.48. The maximum absolute atomic E-state index is 6.06. The van der Waals surface area contributed by atoms with E-state index in [0.717, 1.165) is 37.4 Å². The van der Waals surface area contributed by atoms with Crippen LogP contribution in [0.25, 0.3) is 0 Å². The van der Waals surface area contributed by atoms with Gasteiger partial charge in [0.25, 0.3) is 0 Å².